The van der Waals surface area contributed by atoms with E-state index in [1.807, 2.05) is 0 Å². The molecule has 4 N–H and O–H groups in total. The normalized spacial score (nSPS) is 18.9. The summed E-state index contributed by atoms with van der Waals surface area (Å²) in [7, 11) is -3.10. The number of hydrogen-bond acceptors (Lipinski definition) is 4. The van der Waals surface area contributed by atoms with Gasteiger partial charge in [0.25, 0.3) is 0 Å². The van der Waals surface area contributed by atoms with Crippen molar-refractivity contribution in [2.24, 2.45) is 5.73 Å². The summed E-state index contributed by atoms with van der Waals surface area (Å²) >= 11 is 0. The Morgan fingerprint density at radius 1 is 1.41 bits per heavy atom. The molecular weight excluding hydrogens is 244 g/mol. The first-order chi connectivity index (χ1) is 7.93. The Bertz CT molecular complexity index is 349. The smallest absolute Gasteiger partial charge is 0.315 e. The number of nitrogens with zero attached hydrogens (tertiary/aromatic N) is 1. The number of nitrogens with two attached hydrogens (primary N) is 1. The molecule has 1 aliphatic rings. The molecule has 1 saturated heterocycles. The van der Waals surface area contributed by atoms with Gasteiger partial charge in [0.1, 0.15) is 0 Å². The van der Waals surface area contributed by atoms with Gasteiger partial charge in [-0.2, -0.15) is 0 Å². The minimum Gasteiger partial charge on any atom is -0.337 e. The van der Waals surface area contributed by atoms with Crippen LogP contribution in [-0.2, 0) is 10.0 Å². The molecule has 1 fully saturated rings. The highest BCUT2D eigenvalue weighted by molar-refractivity contribution is 7.88. The average molecular weight is 264 g/mol. The lowest BCUT2D eigenvalue weighted by Crippen LogP contribution is -2.49. The van der Waals surface area contributed by atoms with Crippen LogP contribution < -0.4 is 16.4 Å². The van der Waals surface area contributed by atoms with E-state index in [4.69, 9.17) is 5.73 Å². The van der Waals surface area contributed by atoms with Crippen molar-refractivity contribution in [2.45, 2.75) is 18.9 Å². The minimum absolute atomic E-state index is 0.0331. The number of rotatable bonds is 4. The topological polar surface area (TPSA) is 105 Å². The molecule has 0 bridgehead atoms. The van der Waals surface area contributed by atoms with E-state index in [1.54, 1.807) is 0 Å². The van der Waals surface area contributed by atoms with E-state index in [0.717, 1.165) is 0 Å². The molecule has 0 radical (unpaired) electrons. The highest BCUT2D eigenvalue weighted by atomic mass is 32.2. The molecule has 0 saturated carbocycles. The average Bonchev–Trinajstić information content (AvgIpc) is 2.26. The third-order valence-corrected chi connectivity index (χ3v) is 3.99. The first-order valence-corrected chi connectivity index (χ1v) is 7.48. The van der Waals surface area contributed by atoms with Gasteiger partial charge in [0.15, 0.2) is 0 Å². The van der Waals surface area contributed by atoms with E-state index in [-0.39, 0.29) is 12.1 Å². The summed E-state index contributed by atoms with van der Waals surface area (Å²) in [5.41, 5.74) is 5.26. The number of nitrogens with one attached hydrogen (secondary N) is 2. The summed E-state index contributed by atoms with van der Waals surface area (Å²) in [4.78, 5) is 11.3. The second-order valence-corrected chi connectivity index (χ2v) is 6.11. The molecule has 0 atom stereocenters. The van der Waals surface area contributed by atoms with Gasteiger partial charge in [-0.1, -0.05) is 0 Å². The van der Waals surface area contributed by atoms with E-state index in [0.29, 0.717) is 39.0 Å². The fraction of sp³-hybridized carbons (Fsp3) is 0.889. The van der Waals surface area contributed by atoms with Crippen molar-refractivity contribution in [3.05, 3.63) is 0 Å². The number of piperidine rings is 1. The molecule has 1 rings (SSSR count). The van der Waals surface area contributed by atoms with Crippen molar-refractivity contribution in [3.63, 3.8) is 0 Å². The monoisotopic (exact) mass is 264 g/mol. The predicted octanol–water partition coefficient (Wildman–Crippen LogP) is -1.33. The van der Waals surface area contributed by atoms with Crippen molar-refractivity contribution in [3.8, 4) is 0 Å². The SMILES string of the molecule is CS(=O)(=O)N1CCC(NC(=O)NCCN)CC1. The molecule has 7 nitrogen and oxygen atoms in total. The van der Waals surface area contributed by atoms with Crippen LogP contribution in [-0.4, -0.2) is 57.2 Å². The van der Waals surface area contributed by atoms with Crippen LogP contribution in [0.3, 0.4) is 0 Å². The molecule has 100 valence electrons. The summed E-state index contributed by atoms with van der Waals surface area (Å²) < 4.78 is 24.0. The van der Waals surface area contributed by atoms with Gasteiger partial charge in [-0.3, -0.25) is 0 Å². The van der Waals surface area contributed by atoms with Crippen molar-refractivity contribution >= 4 is 16.1 Å². The quantitative estimate of drug-likeness (QED) is 0.585. The number of amides is 2. The van der Waals surface area contributed by atoms with Crippen LogP contribution in [0.2, 0.25) is 0 Å². The van der Waals surface area contributed by atoms with Gasteiger partial charge in [-0.05, 0) is 12.8 Å². The van der Waals surface area contributed by atoms with Crippen molar-refractivity contribution < 1.29 is 13.2 Å². The molecule has 0 aliphatic carbocycles. The molecule has 0 unspecified atom stereocenters. The largest absolute Gasteiger partial charge is 0.337 e. The molecular formula is C9H20N4O3S. The summed E-state index contributed by atoms with van der Waals surface area (Å²) in [5.74, 6) is 0. The van der Waals surface area contributed by atoms with Crippen LogP contribution in [0.1, 0.15) is 12.8 Å². The Labute approximate surface area is 102 Å². The Balaban J connectivity index is 2.30. The van der Waals surface area contributed by atoms with Gasteiger partial charge in [0, 0.05) is 32.2 Å². The van der Waals surface area contributed by atoms with Gasteiger partial charge < -0.3 is 16.4 Å². The summed E-state index contributed by atoms with van der Waals surface area (Å²) in [6.45, 7) is 1.76. The predicted molar refractivity (Wildman–Crippen MR) is 65.0 cm³/mol. The molecule has 0 spiro atoms. The molecule has 1 heterocycles. The standard InChI is InChI=1S/C9H20N4O3S/c1-17(15,16)13-6-2-8(3-7-13)12-9(14)11-5-4-10/h8H,2-7,10H2,1H3,(H2,11,12,14). The number of carbonyl (C=O) groups is 1. The molecule has 17 heavy (non-hydrogen) atoms. The van der Waals surface area contributed by atoms with Crippen LogP contribution in [0.4, 0.5) is 4.79 Å². The van der Waals surface area contributed by atoms with Gasteiger partial charge in [-0.15, -0.1) is 0 Å². The molecule has 2 amide bonds. The minimum atomic E-state index is -3.10. The molecule has 0 aromatic carbocycles. The lowest BCUT2D eigenvalue weighted by atomic mass is 10.1. The Morgan fingerprint density at radius 2 is 2.00 bits per heavy atom. The number of carbonyl (C=O) groups excluding carboxylic acids is 1. The van der Waals surface area contributed by atoms with Gasteiger partial charge in [0.2, 0.25) is 10.0 Å². The zero-order valence-corrected chi connectivity index (χ0v) is 10.8. The van der Waals surface area contributed by atoms with Gasteiger partial charge in [0.05, 0.1) is 6.26 Å². The zero-order valence-electron chi connectivity index (χ0n) is 9.98. The maximum Gasteiger partial charge on any atom is 0.315 e. The van der Waals surface area contributed by atoms with Crippen molar-refractivity contribution in [2.75, 3.05) is 32.4 Å². The van der Waals surface area contributed by atoms with E-state index in [9.17, 15) is 13.2 Å². The second-order valence-electron chi connectivity index (χ2n) is 4.13. The van der Waals surface area contributed by atoms with E-state index < -0.39 is 10.0 Å². The van der Waals surface area contributed by atoms with E-state index in [2.05, 4.69) is 10.6 Å². The van der Waals surface area contributed by atoms with Crippen LogP contribution in [0.15, 0.2) is 0 Å². The molecule has 0 aromatic heterocycles. The highest BCUT2D eigenvalue weighted by Gasteiger charge is 2.25. The second kappa shape index (κ2) is 6.18. The van der Waals surface area contributed by atoms with Crippen LogP contribution in [0.25, 0.3) is 0 Å². The first-order valence-electron chi connectivity index (χ1n) is 5.63. The lowest BCUT2D eigenvalue weighted by Gasteiger charge is -2.30. The molecule has 0 aromatic rings. The lowest BCUT2D eigenvalue weighted by molar-refractivity contribution is 0.228. The highest BCUT2D eigenvalue weighted by Crippen LogP contribution is 2.12. The summed E-state index contributed by atoms with van der Waals surface area (Å²) in [6.07, 6.45) is 2.49. The first kappa shape index (κ1) is 14.2. The van der Waals surface area contributed by atoms with Crippen molar-refractivity contribution in [1.29, 1.82) is 0 Å². The van der Waals surface area contributed by atoms with E-state index >= 15 is 0 Å². The van der Waals surface area contributed by atoms with Gasteiger partial charge in [-0.25, -0.2) is 17.5 Å². The van der Waals surface area contributed by atoms with Crippen LogP contribution in [0.5, 0.6) is 0 Å². The van der Waals surface area contributed by atoms with Crippen LogP contribution >= 0.6 is 0 Å². The molecule has 1 aliphatic heterocycles. The summed E-state index contributed by atoms with van der Waals surface area (Å²) in [5, 5.41) is 5.41. The Kier molecular flexibility index (Phi) is 5.16. The number of hydrogen-bond donors (Lipinski definition) is 3. The maximum absolute atomic E-state index is 11.3. The zero-order chi connectivity index (χ0) is 12.9. The third kappa shape index (κ3) is 4.88. The Morgan fingerprint density at radius 3 is 2.47 bits per heavy atom. The third-order valence-electron chi connectivity index (χ3n) is 2.69. The Hall–Kier alpha value is -0.860. The fourth-order valence-electron chi connectivity index (χ4n) is 1.75. The van der Waals surface area contributed by atoms with Gasteiger partial charge >= 0.3 is 6.03 Å². The fourth-order valence-corrected chi connectivity index (χ4v) is 2.63. The molecule has 8 heteroatoms. The van der Waals surface area contributed by atoms with Crippen LogP contribution in [0, 0.1) is 0 Å². The van der Waals surface area contributed by atoms with E-state index in [1.165, 1.54) is 10.6 Å². The number of urea groups is 1. The maximum atomic E-state index is 11.3. The number of sulfonamides is 1. The van der Waals surface area contributed by atoms with Crippen molar-refractivity contribution in [1.82, 2.24) is 14.9 Å². The summed E-state index contributed by atoms with van der Waals surface area (Å²) in [6, 6.07) is -0.209.